The number of nitrogens with one attached hydrogen (secondary N) is 1. The average Bonchev–Trinajstić information content (AvgIpc) is 3.11. The van der Waals surface area contributed by atoms with Gasteiger partial charge in [-0.3, -0.25) is 9.59 Å². The number of carbonyl (C=O) groups excluding carboxylic acids is 2. The highest BCUT2D eigenvalue weighted by molar-refractivity contribution is 7.13. The number of thiazole rings is 1. The fourth-order valence-electron chi connectivity index (χ4n) is 3.09. The SMILES string of the molecule is CCN(CC)CCN(CC(=O)Nc1nc(C)cs1)C(=O)c1ccc(C(C)(C)C)cc1. The van der Waals surface area contributed by atoms with E-state index in [0.717, 1.165) is 25.3 Å². The van der Waals surface area contributed by atoms with E-state index in [9.17, 15) is 9.59 Å². The highest BCUT2D eigenvalue weighted by Gasteiger charge is 2.21. The molecule has 1 heterocycles. The smallest absolute Gasteiger partial charge is 0.254 e. The molecule has 0 saturated carbocycles. The molecule has 0 bridgehead atoms. The van der Waals surface area contributed by atoms with E-state index >= 15 is 0 Å². The summed E-state index contributed by atoms with van der Waals surface area (Å²) in [4.78, 5) is 33.9. The Bertz CT molecular complexity index is 836. The first-order chi connectivity index (χ1) is 14.1. The molecule has 30 heavy (non-hydrogen) atoms. The number of hydrogen-bond donors (Lipinski definition) is 1. The number of amides is 2. The molecule has 0 saturated heterocycles. The summed E-state index contributed by atoms with van der Waals surface area (Å²) in [5, 5.41) is 5.25. The van der Waals surface area contributed by atoms with Crippen molar-refractivity contribution in [1.29, 1.82) is 0 Å². The van der Waals surface area contributed by atoms with E-state index in [0.29, 0.717) is 17.2 Å². The molecule has 0 atom stereocenters. The highest BCUT2D eigenvalue weighted by Crippen LogP contribution is 2.22. The van der Waals surface area contributed by atoms with Crippen molar-refractivity contribution in [3.8, 4) is 0 Å². The molecule has 7 heteroatoms. The van der Waals surface area contributed by atoms with Crippen molar-refractivity contribution in [2.45, 2.75) is 47.0 Å². The number of anilines is 1. The van der Waals surface area contributed by atoms with E-state index < -0.39 is 0 Å². The van der Waals surface area contributed by atoms with Crippen molar-refractivity contribution in [3.05, 3.63) is 46.5 Å². The van der Waals surface area contributed by atoms with Crippen molar-refractivity contribution in [1.82, 2.24) is 14.8 Å². The van der Waals surface area contributed by atoms with Crippen LogP contribution in [0.25, 0.3) is 0 Å². The highest BCUT2D eigenvalue weighted by atomic mass is 32.1. The lowest BCUT2D eigenvalue weighted by Crippen LogP contribution is -2.42. The van der Waals surface area contributed by atoms with Crippen LogP contribution in [0.1, 0.15) is 56.2 Å². The zero-order chi connectivity index (χ0) is 22.3. The van der Waals surface area contributed by atoms with Gasteiger partial charge >= 0.3 is 0 Å². The summed E-state index contributed by atoms with van der Waals surface area (Å²) in [7, 11) is 0. The van der Waals surface area contributed by atoms with Crippen molar-refractivity contribution in [3.63, 3.8) is 0 Å². The second-order valence-electron chi connectivity index (χ2n) is 8.42. The summed E-state index contributed by atoms with van der Waals surface area (Å²) in [6, 6.07) is 7.70. The Hall–Kier alpha value is -2.25. The molecule has 2 amide bonds. The number of hydrogen-bond acceptors (Lipinski definition) is 5. The van der Waals surface area contributed by atoms with Gasteiger partial charge in [-0.1, -0.05) is 46.8 Å². The average molecular weight is 431 g/mol. The molecule has 0 unspecified atom stereocenters. The molecule has 0 aliphatic rings. The molecular weight excluding hydrogens is 396 g/mol. The maximum absolute atomic E-state index is 13.2. The van der Waals surface area contributed by atoms with E-state index in [-0.39, 0.29) is 23.8 Å². The minimum absolute atomic E-state index is 0.000246. The number of likely N-dealkylation sites (N-methyl/N-ethyl adjacent to an activating group) is 1. The Balaban J connectivity index is 2.14. The molecule has 2 rings (SSSR count). The second-order valence-corrected chi connectivity index (χ2v) is 9.28. The van der Waals surface area contributed by atoms with Crippen molar-refractivity contribution in [2.24, 2.45) is 0 Å². The van der Waals surface area contributed by atoms with Gasteiger partial charge in [-0.2, -0.15) is 0 Å². The standard InChI is InChI=1S/C23H34N4O2S/c1-7-26(8-2)13-14-27(15-20(28)25-22-24-17(3)16-30-22)21(29)18-9-11-19(12-10-18)23(4,5)6/h9-12,16H,7-8,13-15H2,1-6H3,(H,24,25,28). The molecule has 1 aromatic heterocycles. The van der Waals surface area contributed by atoms with Crippen LogP contribution < -0.4 is 5.32 Å². The first kappa shape index (κ1) is 24.0. The van der Waals surface area contributed by atoms with Crippen LogP contribution in [-0.2, 0) is 10.2 Å². The molecule has 0 spiro atoms. The Kier molecular flexibility index (Phi) is 8.55. The lowest BCUT2D eigenvalue weighted by Gasteiger charge is -2.26. The maximum Gasteiger partial charge on any atom is 0.254 e. The quantitative estimate of drug-likeness (QED) is 0.648. The summed E-state index contributed by atoms with van der Waals surface area (Å²) in [6.45, 7) is 15.5. The van der Waals surface area contributed by atoms with Gasteiger partial charge in [0, 0.05) is 24.0 Å². The minimum atomic E-state index is -0.233. The van der Waals surface area contributed by atoms with Crippen LogP contribution in [0.4, 0.5) is 5.13 Å². The maximum atomic E-state index is 13.2. The molecule has 1 N–H and O–H groups in total. The molecule has 0 aliphatic heterocycles. The zero-order valence-corrected chi connectivity index (χ0v) is 19.8. The van der Waals surface area contributed by atoms with Crippen molar-refractivity contribution >= 4 is 28.3 Å². The predicted octanol–water partition coefficient (Wildman–Crippen LogP) is 4.17. The van der Waals surface area contributed by atoms with E-state index in [1.165, 1.54) is 16.9 Å². The van der Waals surface area contributed by atoms with Crippen molar-refractivity contribution < 1.29 is 9.59 Å². The van der Waals surface area contributed by atoms with Gasteiger partial charge in [0.15, 0.2) is 5.13 Å². The van der Waals surface area contributed by atoms with Crippen LogP contribution in [0.2, 0.25) is 0 Å². The van der Waals surface area contributed by atoms with E-state index in [4.69, 9.17) is 0 Å². The number of aryl methyl sites for hydroxylation is 1. The largest absolute Gasteiger partial charge is 0.328 e. The number of carbonyl (C=O) groups is 2. The Labute approximate surface area is 184 Å². The number of aromatic nitrogens is 1. The third-order valence-electron chi connectivity index (χ3n) is 5.07. The lowest BCUT2D eigenvalue weighted by atomic mass is 9.86. The molecule has 164 valence electrons. The third kappa shape index (κ3) is 6.92. The number of benzene rings is 1. The van der Waals surface area contributed by atoms with Gasteiger partial charge < -0.3 is 15.1 Å². The molecular formula is C23H34N4O2S. The monoisotopic (exact) mass is 430 g/mol. The molecule has 0 fully saturated rings. The van der Waals surface area contributed by atoms with E-state index in [2.05, 4.69) is 49.8 Å². The summed E-state index contributed by atoms with van der Waals surface area (Å²) in [5.41, 5.74) is 2.66. The Morgan fingerprint density at radius 3 is 2.20 bits per heavy atom. The molecule has 1 aromatic carbocycles. The predicted molar refractivity (Wildman–Crippen MR) is 124 cm³/mol. The Morgan fingerprint density at radius 2 is 1.70 bits per heavy atom. The first-order valence-corrected chi connectivity index (χ1v) is 11.4. The second kappa shape index (κ2) is 10.7. The van der Waals surface area contributed by atoms with Crippen LogP contribution in [-0.4, -0.2) is 59.3 Å². The Morgan fingerprint density at radius 1 is 1.07 bits per heavy atom. The number of nitrogens with zero attached hydrogens (tertiary/aromatic N) is 3. The topological polar surface area (TPSA) is 65.5 Å². The van der Waals surface area contributed by atoms with E-state index in [1.54, 1.807) is 4.90 Å². The van der Waals surface area contributed by atoms with Gasteiger partial charge in [0.05, 0.1) is 5.69 Å². The molecule has 2 aromatic rings. The lowest BCUT2D eigenvalue weighted by molar-refractivity contribution is -0.116. The zero-order valence-electron chi connectivity index (χ0n) is 19.0. The summed E-state index contributed by atoms with van der Waals surface area (Å²) in [6.07, 6.45) is 0. The van der Waals surface area contributed by atoms with Gasteiger partial charge in [0.1, 0.15) is 6.54 Å². The minimum Gasteiger partial charge on any atom is -0.328 e. The normalized spacial score (nSPS) is 11.6. The van der Waals surface area contributed by atoms with Crippen LogP contribution >= 0.6 is 11.3 Å². The van der Waals surface area contributed by atoms with Gasteiger partial charge in [-0.15, -0.1) is 11.3 Å². The summed E-state index contributed by atoms with van der Waals surface area (Å²) < 4.78 is 0. The van der Waals surface area contributed by atoms with Gasteiger partial charge in [0.25, 0.3) is 5.91 Å². The molecule has 6 nitrogen and oxygen atoms in total. The third-order valence-corrected chi connectivity index (χ3v) is 5.94. The van der Waals surface area contributed by atoms with Crippen LogP contribution in [0.15, 0.2) is 29.6 Å². The van der Waals surface area contributed by atoms with E-state index in [1.807, 2.05) is 36.6 Å². The number of rotatable bonds is 9. The van der Waals surface area contributed by atoms with Gasteiger partial charge in [0.2, 0.25) is 5.91 Å². The molecule has 0 aliphatic carbocycles. The van der Waals surface area contributed by atoms with Gasteiger partial charge in [-0.25, -0.2) is 4.98 Å². The fourth-order valence-corrected chi connectivity index (χ4v) is 3.80. The van der Waals surface area contributed by atoms with Crippen LogP contribution in [0.5, 0.6) is 0 Å². The van der Waals surface area contributed by atoms with Gasteiger partial charge in [-0.05, 0) is 43.1 Å². The van der Waals surface area contributed by atoms with Crippen LogP contribution in [0, 0.1) is 6.92 Å². The first-order valence-electron chi connectivity index (χ1n) is 10.5. The summed E-state index contributed by atoms with van der Waals surface area (Å²) in [5.74, 6) is -0.364. The molecule has 0 radical (unpaired) electrons. The fraction of sp³-hybridized carbons (Fsp3) is 0.522. The van der Waals surface area contributed by atoms with Crippen LogP contribution in [0.3, 0.4) is 0 Å². The summed E-state index contributed by atoms with van der Waals surface area (Å²) >= 11 is 1.38. The van der Waals surface area contributed by atoms with Crippen molar-refractivity contribution in [2.75, 3.05) is 38.0 Å².